The number of aromatic nitrogens is 2. The lowest BCUT2D eigenvalue weighted by Crippen LogP contribution is -2.03. The maximum Gasteiger partial charge on any atom is 0.323 e. The molecule has 4 nitrogen and oxygen atoms in total. The molecular formula is C14H10ClFN2O2. The van der Waals surface area contributed by atoms with Crippen molar-refractivity contribution in [2.24, 2.45) is 0 Å². The molecule has 0 radical (unpaired) electrons. The first-order valence-corrected chi connectivity index (χ1v) is 6.28. The predicted octanol–water partition coefficient (Wildman–Crippen LogP) is 2.73. The van der Waals surface area contributed by atoms with Gasteiger partial charge in [-0.3, -0.25) is 0 Å². The van der Waals surface area contributed by atoms with Gasteiger partial charge in [-0.1, -0.05) is 29.8 Å². The van der Waals surface area contributed by atoms with Crippen LogP contribution in [0.25, 0.3) is 11.0 Å². The number of imidazole rings is 1. The van der Waals surface area contributed by atoms with Gasteiger partial charge in [-0.2, -0.15) is 0 Å². The summed E-state index contributed by atoms with van der Waals surface area (Å²) in [5.41, 5.74) is 1.13. The largest absolute Gasteiger partial charge is 0.383 e. The van der Waals surface area contributed by atoms with E-state index in [1.165, 1.54) is 24.3 Å². The third kappa shape index (κ3) is 2.11. The Morgan fingerprint density at radius 2 is 1.75 bits per heavy atom. The molecule has 1 heterocycles. The van der Waals surface area contributed by atoms with E-state index in [4.69, 9.17) is 11.6 Å². The van der Waals surface area contributed by atoms with Crippen LogP contribution in [-0.2, 0) is 0 Å². The average molecular weight is 293 g/mol. The van der Waals surface area contributed by atoms with E-state index in [-0.39, 0.29) is 16.3 Å². The molecule has 3 rings (SSSR count). The van der Waals surface area contributed by atoms with Crippen molar-refractivity contribution in [3.63, 3.8) is 0 Å². The standard InChI is InChI=1S/C14H10ClFN2O2/c15-9-6-12-11(17-14(20)18-12)5-8(9)13(19)7-3-1-2-4-10(7)16/h1-6,13,19H,(H2,17,18,20). The number of hydrogen-bond donors (Lipinski definition) is 3. The number of nitrogens with one attached hydrogen (secondary N) is 2. The Kier molecular flexibility index (Phi) is 3.08. The van der Waals surface area contributed by atoms with Gasteiger partial charge in [-0.05, 0) is 18.2 Å². The zero-order valence-corrected chi connectivity index (χ0v) is 10.9. The van der Waals surface area contributed by atoms with Gasteiger partial charge in [0.25, 0.3) is 0 Å². The number of halogens is 2. The number of rotatable bonds is 2. The van der Waals surface area contributed by atoms with Gasteiger partial charge in [0.1, 0.15) is 11.9 Å². The van der Waals surface area contributed by atoms with Crippen LogP contribution in [0, 0.1) is 5.82 Å². The molecule has 6 heteroatoms. The Balaban J connectivity index is 2.16. The van der Waals surface area contributed by atoms with Gasteiger partial charge in [-0.25, -0.2) is 9.18 Å². The predicted molar refractivity (Wildman–Crippen MR) is 74.4 cm³/mol. The van der Waals surface area contributed by atoms with E-state index in [0.29, 0.717) is 16.6 Å². The first-order valence-electron chi connectivity index (χ1n) is 5.90. The van der Waals surface area contributed by atoms with E-state index in [9.17, 15) is 14.3 Å². The van der Waals surface area contributed by atoms with Gasteiger partial charge in [0.15, 0.2) is 0 Å². The Morgan fingerprint density at radius 1 is 1.10 bits per heavy atom. The summed E-state index contributed by atoms with van der Waals surface area (Å²) in [4.78, 5) is 16.4. The van der Waals surface area contributed by atoms with Crippen molar-refractivity contribution < 1.29 is 9.50 Å². The highest BCUT2D eigenvalue weighted by atomic mass is 35.5. The summed E-state index contributed by atoms with van der Waals surface area (Å²) in [6.07, 6.45) is -1.20. The second-order valence-electron chi connectivity index (χ2n) is 4.42. The fraction of sp³-hybridized carbons (Fsp3) is 0.0714. The summed E-state index contributed by atoms with van der Waals surface area (Å²) >= 11 is 6.09. The minimum atomic E-state index is -1.20. The monoisotopic (exact) mass is 292 g/mol. The second kappa shape index (κ2) is 4.77. The molecule has 102 valence electrons. The number of fused-ring (bicyclic) bond motifs is 1. The Hall–Kier alpha value is -2.11. The van der Waals surface area contributed by atoms with Crippen LogP contribution in [-0.4, -0.2) is 15.1 Å². The average Bonchev–Trinajstić information content (AvgIpc) is 2.76. The number of aliphatic hydroxyl groups is 1. The van der Waals surface area contributed by atoms with Gasteiger partial charge in [0.05, 0.1) is 11.0 Å². The molecule has 0 saturated carbocycles. The maximum atomic E-state index is 13.7. The molecule has 0 spiro atoms. The maximum absolute atomic E-state index is 13.7. The molecule has 1 unspecified atom stereocenters. The molecule has 0 fully saturated rings. The molecule has 1 aromatic heterocycles. The van der Waals surface area contributed by atoms with E-state index in [1.54, 1.807) is 12.1 Å². The Bertz CT molecular complexity index is 841. The molecule has 3 N–H and O–H groups in total. The molecule has 0 aliphatic rings. The number of aliphatic hydroxyl groups excluding tert-OH is 1. The van der Waals surface area contributed by atoms with E-state index in [1.807, 2.05) is 0 Å². The fourth-order valence-corrected chi connectivity index (χ4v) is 2.41. The van der Waals surface area contributed by atoms with Crippen molar-refractivity contribution >= 4 is 22.6 Å². The lowest BCUT2D eigenvalue weighted by molar-refractivity contribution is 0.215. The van der Waals surface area contributed by atoms with Crippen molar-refractivity contribution in [2.45, 2.75) is 6.10 Å². The quantitative estimate of drug-likeness (QED) is 0.680. The van der Waals surface area contributed by atoms with Crippen LogP contribution in [0.4, 0.5) is 4.39 Å². The van der Waals surface area contributed by atoms with E-state index >= 15 is 0 Å². The number of aromatic amines is 2. The number of benzene rings is 2. The van der Waals surface area contributed by atoms with Crippen molar-refractivity contribution in [1.82, 2.24) is 9.97 Å². The van der Waals surface area contributed by atoms with E-state index in [0.717, 1.165) is 0 Å². The van der Waals surface area contributed by atoms with Crippen molar-refractivity contribution in [3.8, 4) is 0 Å². The topological polar surface area (TPSA) is 68.9 Å². The van der Waals surface area contributed by atoms with Crippen molar-refractivity contribution in [2.75, 3.05) is 0 Å². The van der Waals surface area contributed by atoms with Crippen LogP contribution in [0.2, 0.25) is 5.02 Å². The first-order chi connectivity index (χ1) is 9.56. The van der Waals surface area contributed by atoms with Gasteiger partial charge in [-0.15, -0.1) is 0 Å². The zero-order valence-electron chi connectivity index (χ0n) is 10.2. The summed E-state index contributed by atoms with van der Waals surface area (Å²) in [5, 5.41) is 10.5. The summed E-state index contributed by atoms with van der Waals surface area (Å²) in [6, 6.07) is 8.98. The summed E-state index contributed by atoms with van der Waals surface area (Å²) < 4.78 is 13.7. The molecule has 0 amide bonds. The zero-order chi connectivity index (χ0) is 14.3. The highest BCUT2D eigenvalue weighted by molar-refractivity contribution is 6.32. The number of H-pyrrole nitrogens is 2. The Morgan fingerprint density at radius 3 is 2.45 bits per heavy atom. The van der Waals surface area contributed by atoms with Crippen molar-refractivity contribution in [1.29, 1.82) is 0 Å². The summed E-state index contributed by atoms with van der Waals surface area (Å²) in [7, 11) is 0. The molecule has 2 aromatic carbocycles. The van der Waals surface area contributed by atoms with Crippen LogP contribution >= 0.6 is 11.6 Å². The third-order valence-corrected chi connectivity index (χ3v) is 3.45. The number of hydrogen-bond acceptors (Lipinski definition) is 2. The Labute approximate surface area is 117 Å². The van der Waals surface area contributed by atoms with E-state index in [2.05, 4.69) is 9.97 Å². The molecule has 0 aliphatic heterocycles. The lowest BCUT2D eigenvalue weighted by atomic mass is 10.0. The van der Waals surface area contributed by atoms with Gasteiger partial charge < -0.3 is 15.1 Å². The summed E-state index contributed by atoms with van der Waals surface area (Å²) in [6.45, 7) is 0. The van der Waals surface area contributed by atoms with Crippen LogP contribution in [0.5, 0.6) is 0 Å². The van der Waals surface area contributed by atoms with Crippen LogP contribution < -0.4 is 5.69 Å². The SMILES string of the molecule is O=c1[nH]c2cc(Cl)c(C(O)c3ccccc3F)cc2[nH]1. The molecule has 0 bridgehead atoms. The lowest BCUT2D eigenvalue weighted by Gasteiger charge is -2.14. The van der Waals surface area contributed by atoms with Gasteiger partial charge in [0.2, 0.25) is 0 Å². The highest BCUT2D eigenvalue weighted by Crippen LogP contribution is 2.31. The van der Waals surface area contributed by atoms with Crippen LogP contribution in [0.3, 0.4) is 0 Å². The molecular weight excluding hydrogens is 283 g/mol. The molecule has 3 aromatic rings. The first kappa shape index (κ1) is 12.9. The van der Waals surface area contributed by atoms with Gasteiger partial charge in [0, 0.05) is 16.1 Å². The second-order valence-corrected chi connectivity index (χ2v) is 4.83. The third-order valence-electron chi connectivity index (χ3n) is 3.13. The van der Waals surface area contributed by atoms with Crippen LogP contribution in [0.1, 0.15) is 17.2 Å². The van der Waals surface area contributed by atoms with Crippen molar-refractivity contribution in [3.05, 3.63) is 68.8 Å². The molecule has 0 saturated heterocycles. The fourth-order valence-electron chi connectivity index (χ4n) is 2.15. The minimum absolute atomic E-state index is 0.131. The molecule has 20 heavy (non-hydrogen) atoms. The van der Waals surface area contributed by atoms with Gasteiger partial charge >= 0.3 is 5.69 Å². The normalized spacial score (nSPS) is 12.8. The highest BCUT2D eigenvalue weighted by Gasteiger charge is 2.18. The smallest absolute Gasteiger partial charge is 0.323 e. The molecule has 0 aliphatic carbocycles. The summed E-state index contributed by atoms with van der Waals surface area (Å²) in [5.74, 6) is -0.515. The van der Waals surface area contributed by atoms with E-state index < -0.39 is 11.9 Å². The van der Waals surface area contributed by atoms with Crippen LogP contribution in [0.15, 0.2) is 41.2 Å². The molecule has 1 atom stereocenters. The minimum Gasteiger partial charge on any atom is -0.383 e.